The average Bonchev–Trinajstić information content (AvgIpc) is 3.21. The molecule has 2 N–H and O–H groups in total. The van der Waals surface area contributed by atoms with E-state index in [1.165, 1.54) is 12.1 Å². The van der Waals surface area contributed by atoms with Crippen LogP contribution in [0.1, 0.15) is 62.7 Å². The summed E-state index contributed by atoms with van der Waals surface area (Å²) in [5, 5.41) is 2.85. The van der Waals surface area contributed by atoms with Crippen molar-refractivity contribution in [3.8, 4) is 0 Å². The van der Waals surface area contributed by atoms with E-state index in [-0.39, 0.29) is 11.9 Å². The Kier molecular flexibility index (Phi) is 7.16. The van der Waals surface area contributed by atoms with Crippen molar-refractivity contribution in [3.63, 3.8) is 0 Å². The monoisotopic (exact) mass is 425 g/mol. The molecule has 0 unspecified atom stereocenters. The van der Waals surface area contributed by atoms with E-state index in [1.807, 2.05) is 0 Å². The van der Waals surface area contributed by atoms with Crippen molar-refractivity contribution in [1.29, 1.82) is 0 Å². The molecule has 162 valence electrons. The highest BCUT2D eigenvalue weighted by Gasteiger charge is 2.26. The lowest BCUT2D eigenvalue weighted by molar-refractivity contribution is 0.0792. The summed E-state index contributed by atoms with van der Waals surface area (Å²) in [6.07, 6.45) is 5.44. The van der Waals surface area contributed by atoms with Crippen LogP contribution in [-0.4, -0.2) is 50.2 Å². The minimum Gasteiger partial charge on any atom is -0.385 e. The predicted octanol–water partition coefficient (Wildman–Crippen LogP) is 3.36. The van der Waals surface area contributed by atoms with Crippen LogP contribution in [-0.2, 0) is 10.0 Å². The fourth-order valence-corrected chi connectivity index (χ4v) is 5.01. The van der Waals surface area contributed by atoms with Gasteiger partial charge in [-0.25, -0.2) is 17.5 Å². The van der Waals surface area contributed by atoms with Crippen molar-refractivity contribution in [2.24, 2.45) is 5.92 Å². The second-order valence-corrected chi connectivity index (χ2v) is 10.8. The highest BCUT2D eigenvalue weighted by molar-refractivity contribution is 7.90. The number of sulfonamides is 1. The first-order chi connectivity index (χ1) is 13.7. The molecule has 1 amide bonds. The largest absolute Gasteiger partial charge is 0.385 e. The van der Waals surface area contributed by atoms with E-state index in [2.05, 4.69) is 10.0 Å². The molecule has 0 spiro atoms. The number of nitrogens with zero attached hydrogens (tertiary/aromatic N) is 1. The van der Waals surface area contributed by atoms with Gasteiger partial charge in [-0.3, -0.25) is 4.79 Å². The highest BCUT2D eigenvalue weighted by Crippen LogP contribution is 2.26. The lowest BCUT2D eigenvalue weighted by atomic mass is 9.86. The van der Waals surface area contributed by atoms with Crippen molar-refractivity contribution >= 4 is 21.6 Å². The van der Waals surface area contributed by atoms with Crippen LogP contribution in [0, 0.1) is 11.7 Å². The lowest BCUT2D eigenvalue weighted by Crippen LogP contribution is -2.41. The zero-order valence-corrected chi connectivity index (χ0v) is 18.1. The third kappa shape index (κ3) is 5.92. The van der Waals surface area contributed by atoms with Gasteiger partial charge in [-0.2, -0.15) is 0 Å². The number of amides is 1. The Morgan fingerprint density at radius 1 is 1.14 bits per heavy atom. The number of nitrogens with one attached hydrogen (secondary N) is 2. The molecule has 0 bridgehead atoms. The minimum absolute atomic E-state index is 0.00231. The molecule has 29 heavy (non-hydrogen) atoms. The van der Waals surface area contributed by atoms with E-state index in [0.717, 1.165) is 51.6 Å². The number of likely N-dealkylation sites (tertiary alicyclic amines) is 1. The topological polar surface area (TPSA) is 78.5 Å². The van der Waals surface area contributed by atoms with Crippen molar-refractivity contribution in [3.05, 3.63) is 29.6 Å². The highest BCUT2D eigenvalue weighted by atomic mass is 32.2. The standard InChI is InChI=1S/C21H32FN3O3S/c1-15(2)29(27,28)24-19-7-5-16(6-8-19)14-23-20-12-17(11-18(22)13-20)21(26)25-9-3-4-10-25/h11-13,15-16,19,23-24H,3-10,14H2,1-2H3. The molecule has 8 heteroatoms. The Hall–Kier alpha value is -1.67. The van der Waals surface area contributed by atoms with Crippen LogP contribution < -0.4 is 10.0 Å². The summed E-state index contributed by atoms with van der Waals surface area (Å²) < 4.78 is 40.9. The van der Waals surface area contributed by atoms with Crippen LogP contribution in [0.15, 0.2) is 18.2 Å². The van der Waals surface area contributed by atoms with Gasteiger partial charge in [0.2, 0.25) is 10.0 Å². The molecule has 0 atom stereocenters. The number of benzene rings is 1. The smallest absolute Gasteiger partial charge is 0.254 e. The summed E-state index contributed by atoms with van der Waals surface area (Å²) >= 11 is 0. The first-order valence-corrected chi connectivity index (χ1v) is 12.1. The summed E-state index contributed by atoms with van der Waals surface area (Å²) in [6.45, 7) is 5.52. The summed E-state index contributed by atoms with van der Waals surface area (Å²) in [5.41, 5.74) is 1.01. The number of carbonyl (C=O) groups is 1. The van der Waals surface area contributed by atoms with Crippen LogP contribution >= 0.6 is 0 Å². The maximum Gasteiger partial charge on any atom is 0.254 e. The maximum absolute atomic E-state index is 14.0. The van der Waals surface area contributed by atoms with Gasteiger partial charge in [-0.1, -0.05) is 0 Å². The second kappa shape index (κ2) is 9.43. The van der Waals surface area contributed by atoms with Crippen LogP contribution in [0.3, 0.4) is 0 Å². The number of rotatable bonds is 7. The van der Waals surface area contributed by atoms with Crippen molar-refractivity contribution < 1.29 is 17.6 Å². The Morgan fingerprint density at radius 3 is 2.41 bits per heavy atom. The lowest BCUT2D eigenvalue weighted by Gasteiger charge is -2.29. The van der Waals surface area contributed by atoms with Gasteiger partial charge in [0.1, 0.15) is 5.82 Å². The van der Waals surface area contributed by atoms with Gasteiger partial charge < -0.3 is 10.2 Å². The Bertz CT molecular complexity index is 814. The fourth-order valence-electron chi connectivity index (χ4n) is 4.03. The van der Waals surface area contributed by atoms with Gasteiger partial charge in [0.05, 0.1) is 5.25 Å². The van der Waals surface area contributed by atoms with Gasteiger partial charge in [-0.05, 0) is 76.5 Å². The van der Waals surface area contributed by atoms with Crippen LogP contribution in [0.25, 0.3) is 0 Å². The minimum atomic E-state index is -3.24. The molecule has 0 aromatic heterocycles. The fraction of sp³-hybridized carbons (Fsp3) is 0.667. The summed E-state index contributed by atoms with van der Waals surface area (Å²) in [7, 11) is -3.24. The first kappa shape index (κ1) is 22.0. The zero-order valence-electron chi connectivity index (χ0n) is 17.3. The molecule has 0 radical (unpaired) electrons. The molecule has 1 aromatic rings. The van der Waals surface area contributed by atoms with Crippen molar-refractivity contribution in [1.82, 2.24) is 9.62 Å². The third-order valence-corrected chi connectivity index (χ3v) is 7.83. The molecule has 1 saturated heterocycles. The molecule has 2 fully saturated rings. The van der Waals surface area contributed by atoms with Crippen molar-refractivity contribution in [2.45, 2.75) is 63.7 Å². The Labute approximate surface area is 173 Å². The quantitative estimate of drug-likeness (QED) is 0.702. The summed E-state index contributed by atoms with van der Waals surface area (Å²) in [4.78, 5) is 14.3. The molecular formula is C21H32FN3O3S. The van der Waals surface area contributed by atoms with Gasteiger partial charge in [-0.15, -0.1) is 0 Å². The van der Waals surface area contributed by atoms with E-state index in [4.69, 9.17) is 0 Å². The number of carbonyl (C=O) groups excluding carboxylic acids is 1. The zero-order chi connectivity index (χ0) is 21.0. The predicted molar refractivity (Wildman–Crippen MR) is 113 cm³/mol. The molecule has 6 nitrogen and oxygen atoms in total. The number of hydrogen-bond donors (Lipinski definition) is 2. The summed E-state index contributed by atoms with van der Waals surface area (Å²) in [5.74, 6) is -0.122. The molecule has 3 rings (SSSR count). The number of hydrogen-bond acceptors (Lipinski definition) is 4. The van der Waals surface area contributed by atoms with Gasteiger partial charge in [0.15, 0.2) is 0 Å². The number of halogens is 1. The SMILES string of the molecule is CC(C)S(=O)(=O)NC1CCC(CNc2cc(F)cc(C(=O)N3CCCC3)c2)CC1. The van der Waals surface area contributed by atoms with E-state index in [9.17, 15) is 17.6 Å². The molecule has 1 aliphatic heterocycles. The molecule has 1 heterocycles. The van der Waals surface area contributed by atoms with E-state index >= 15 is 0 Å². The Balaban J connectivity index is 1.51. The van der Waals surface area contributed by atoms with Gasteiger partial charge in [0.25, 0.3) is 5.91 Å². The van der Waals surface area contributed by atoms with Crippen molar-refractivity contribution in [2.75, 3.05) is 25.0 Å². The van der Waals surface area contributed by atoms with Crippen LogP contribution in [0.5, 0.6) is 0 Å². The average molecular weight is 426 g/mol. The van der Waals surface area contributed by atoms with Crippen LogP contribution in [0.4, 0.5) is 10.1 Å². The molecule has 2 aliphatic rings. The van der Waals surface area contributed by atoms with E-state index < -0.39 is 21.1 Å². The van der Waals surface area contributed by atoms with E-state index in [0.29, 0.717) is 23.7 Å². The Morgan fingerprint density at radius 2 is 1.79 bits per heavy atom. The van der Waals surface area contributed by atoms with E-state index in [1.54, 1.807) is 24.8 Å². The van der Waals surface area contributed by atoms with Crippen LogP contribution in [0.2, 0.25) is 0 Å². The first-order valence-electron chi connectivity index (χ1n) is 10.6. The molecule has 1 aliphatic carbocycles. The molecule has 1 aromatic carbocycles. The normalized spacial score (nSPS) is 22.8. The molecule has 1 saturated carbocycles. The second-order valence-electron chi connectivity index (χ2n) is 8.54. The molecular weight excluding hydrogens is 393 g/mol. The van der Waals surface area contributed by atoms with Gasteiger partial charge >= 0.3 is 0 Å². The third-order valence-electron chi connectivity index (χ3n) is 5.93. The maximum atomic E-state index is 14.0. The number of anilines is 1. The van der Waals surface area contributed by atoms with Gasteiger partial charge in [0, 0.05) is 36.9 Å². The summed E-state index contributed by atoms with van der Waals surface area (Å²) in [6, 6.07) is 4.45.